The van der Waals surface area contributed by atoms with Gasteiger partial charge in [0.05, 0.1) is 12.6 Å². The summed E-state index contributed by atoms with van der Waals surface area (Å²) in [5.74, 6) is 0. The Morgan fingerprint density at radius 1 is 0.833 bits per heavy atom. The number of thiophene rings is 2. The van der Waals surface area contributed by atoms with Crippen molar-refractivity contribution in [2.45, 2.75) is 32.0 Å². The van der Waals surface area contributed by atoms with E-state index in [1.807, 2.05) is 18.2 Å². The van der Waals surface area contributed by atoms with Crippen molar-refractivity contribution in [1.82, 2.24) is 4.90 Å². The van der Waals surface area contributed by atoms with E-state index in [4.69, 9.17) is 0 Å². The number of benzene rings is 1. The molecule has 0 aliphatic rings. The molecule has 3 rings (SSSR count). The number of nitrogens with zero attached hydrogens (tertiary/aromatic N) is 1. The Kier molecular flexibility index (Phi) is 5.85. The van der Waals surface area contributed by atoms with Gasteiger partial charge in [-0.3, -0.25) is 4.90 Å². The van der Waals surface area contributed by atoms with Crippen LogP contribution in [-0.4, -0.2) is 16.6 Å². The Morgan fingerprint density at radius 3 is 1.79 bits per heavy atom. The third kappa shape index (κ3) is 3.62. The van der Waals surface area contributed by atoms with Gasteiger partial charge >= 0.3 is 0 Å². The third-order valence-electron chi connectivity index (χ3n) is 4.52. The van der Waals surface area contributed by atoms with Crippen LogP contribution in [0.2, 0.25) is 0 Å². The second kappa shape index (κ2) is 8.08. The SMILES string of the molecule is C[C@H](c1cccs1)N([C@H](C)c1cccs1)[C@@H](CO)c1ccccc1. The minimum atomic E-state index is -0.0274. The molecule has 0 fully saturated rings. The minimum Gasteiger partial charge on any atom is -0.394 e. The largest absolute Gasteiger partial charge is 0.394 e. The van der Waals surface area contributed by atoms with Gasteiger partial charge in [-0.05, 0) is 42.3 Å². The molecule has 24 heavy (non-hydrogen) atoms. The highest BCUT2D eigenvalue weighted by molar-refractivity contribution is 7.10. The molecule has 0 spiro atoms. The number of hydrogen-bond acceptors (Lipinski definition) is 4. The van der Waals surface area contributed by atoms with Gasteiger partial charge in [-0.25, -0.2) is 0 Å². The van der Waals surface area contributed by atoms with Crippen LogP contribution >= 0.6 is 22.7 Å². The van der Waals surface area contributed by atoms with Gasteiger partial charge in [0.1, 0.15) is 0 Å². The fourth-order valence-corrected chi connectivity index (χ4v) is 4.85. The topological polar surface area (TPSA) is 23.5 Å². The molecule has 126 valence electrons. The highest BCUT2D eigenvalue weighted by Gasteiger charge is 2.31. The summed E-state index contributed by atoms with van der Waals surface area (Å²) in [6.07, 6.45) is 0. The maximum atomic E-state index is 10.2. The van der Waals surface area contributed by atoms with E-state index in [-0.39, 0.29) is 24.7 Å². The van der Waals surface area contributed by atoms with Crippen LogP contribution in [0.4, 0.5) is 0 Å². The summed E-state index contributed by atoms with van der Waals surface area (Å²) >= 11 is 3.55. The lowest BCUT2D eigenvalue weighted by molar-refractivity contribution is 0.0551. The third-order valence-corrected chi connectivity index (χ3v) is 6.61. The second-order valence-corrected chi connectivity index (χ2v) is 7.90. The lowest BCUT2D eigenvalue weighted by Crippen LogP contribution is -2.35. The predicted octanol–water partition coefficient (Wildman–Crippen LogP) is 5.67. The smallest absolute Gasteiger partial charge is 0.0629 e. The van der Waals surface area contributed by atoms with Crippen molar-refractivity contribution >= 4 is 22.7 Å². The molecule has 0 unspecified atom stereocenters. The molecule has 2 heterocycles. The molecule has 1 aromatic carbocycles. The fraction of sp³-hybridized carbons (Fsp3) is 0.300. The van der Waals surface area contributed by atoms with Gasteiger partial charge in [-0.15, -0.1) is 22.7 Å². The molecular formula is C20H23NOS2. The average molecular weight is 358 g/mol. The van der Waals surface area contributed by atoms with E-state index >= 15 is 0 Å². The zero-order chi connectivity index (χ0) is 16.9. The Bertz CT molecular complexity index is 669. The summed E-state index contributed by atoms with van der Waals surface area (Å²) in [5.41, 5.74) is 1.16. The fourth-order valence-electron chi connectivity index (χ4n) is 3.27. The first-order chi connectivity index (χ1) is 11.7. The molecule has 0 saturated carbocycles. The minimum absolute atomic E-state index is 0.0274. The van der Waals surface area contributed by atoms with E-state index in [1.165, 1.54) is 9.75 Å². The van der Waals surface area contributed by atoms with Gasteiger partial charge in [0.25, 0.3) is 0 Å². The van der Waals surface area contributed by atoms with Crippen LogP contribution in [0.15, 0.2) is 65.4 Å². The Morgan fingerprint density at radius 2 is 1.38 bits per heavy atom. The summed E-state index contributed by atoms with van der Waals surface area (Å²) in [7, 11) is 0. The lowest BCUT2D eigenvalue weighted by atomic mass is 10.0. The van der Waals surface area contributed by atoms with Crippen molar-refractivity contribution < 1.29 is 5.11 Å². The van der Waals surface area contributed by atoms with Crippen LogP contribution in [0.1, 0.15) is 47.3 Å². The summed E-state index contributed by atoms with van der Waals surface area (Å²) in [5, 5.41) is 14.5. The molecule has 3 aromatic rings. The van der Waals surface area contributed by atoms with Crippen LogP contribution < -0.4 is 0 Å². The summed E-state index contributed by atoms with van der Waals surface area (Å²) in [6, 6.07) is 19.3. The molecule has 3 atom stereocenters. The maximum absolute atomic E-state index is 10.2. The van der Waals surface area contributed by atoms with E-state index in [9.17, 15) is 5.11 Å². The number of rotatable bonds is 7. The first-order valence-electron chi connectivity index (χ1n) is 8.22. The van der Waals surface area contributed by atoms with E-state index in [2.05, 4.69) is 65.9 Å². The van der Waals surface area contributed by atoms with Gasteiger partial charge in [0, 0.05) is 21.8 Å². The Hall–Kier alpha value is -1.46. The van der Waals surface area contributed by atoms with E-state index in [0.717, 1.165) is 5.56 Å². The second-order valence-electron chi connectivity index (χ2n) is 5.94. The summed E-state index contributed by atoms with van der Waals surface area (Å²) < 4.78 is 0. The molecule has 0 amide bonds. The van der Waals surface area contributed by atoms with Crippen molar-refractivity contribution in [2.75, 3.05) is 6.61 Å². The molecule has 2 aromatic heterocycles. The summed E-state index contributed by atoms with van der Waals surface area (Å²) in [4.78, 5) is 5.09. The van der Waals surface area contributed by atoms with Crippen molar-refractivity contribution in [1.29, 1.82) is 0 Å². The molecule has 0 radical (unpaired) electrons. The molecule has 0 saturated heterocycles. The number of aliphatic hydroxyl groups excluding tert-OH is 1. The van der Waals surface area contributed by atoms with Gasteiger partial charge in [-0.1, -0.05) is 42.5 Å². The van der Waals surface area contributed by atoms with Crippen LogP contribution in [0, 0.1) is 0 Å². The molecule has 2 nitrogen and oxygen atoms in total. The van der Waals surface area contributed by atoms with E-state index in [1.54, 1.807) is 22.7 Å². The molecular weight excluding hydrogens is 334 g/mol. The van der Waals surface area contributed by atoms with Crippen LogP contribution in [0.25, 0.3) is 0 Å². The maximum Gasteiger partial charge on any atom is 0.0629 e. The Balaban J connectivity index is 2.00. The number of hydrogen-bond donors (Lipinski definition) is 1. The highest BCUT2D eigenvalue weighted by Crippen LogP contribution is 2.40. The lowest BCUT2D eigenvalue weighted by Gasteiger charge is -2.39. The molecule has 0 aliphatic heterocycles. The number of aliphatic hydroxyl groups is 1. The van der Waals surface area contributed by atoms with Crippen molar-refractivity contribution in [3.05, 3.63) is 80.7 Å². The van der Waals surface area contributed by atoms with Crippen molar-refractivity contribution in [3.63, 3.8) is 0 Å². The quantitative estimate of drug-likeness (QED) is 0.589. The monoisotopic (exact) mass is 357 g/mol. The first kappa shape index (κ1) is 17.4. The van der Waals surface area contributed by atoms with E-state index < -0.39 is 0 Å². The molecule has 4 heteroatoms. The van der Waals surface area contributed by atoms with Crippen LogP contribution in [-0.2, 0) is 0 Å². The van der Waals surface area contributed by atoms with Gasteiger partial charge in [-0.2, -0.15) is 0 Å². The van der Waals surface area contributed by atoms with Gasteiger partial charge in [0.2, 0.25) is 0 Å². The van der Waals surface area contributed by atoms with Crippen LogP contribution in [0.5, 0.6) is 0 Å². The van der Waals surface area contributed by atoms with Crippen LogP contribution in [0.3, 0.4) is 0 Å². The molecule has 0 aliphatic carbocycles. The average Bonchev–Trinajstić information content (AvgIpc) is 3.33. The molecule has 1 N–H and O–H groups in total. The zero-order valence-corrected chi connectivity index (χ0v) is 15.6. The highest BCUT2D eigenvalue weighted by atomic mass is 32.1. The zero-order valence-electron chi connectivity index (χ0n) is 14.0. The summed E-state index contributed by atoms with van der Waals surface area (Å²) in [6.45, 7) is 4.58. The van der Waals surface area contributed by atoms with Crippen molar-refractivity contribution in [3.8, 4) is 0 Å². The van der Waals surface area contributed by atoms with Gasteiger partial charge < -0.3 is 5.11 Å². The van der Waals surface area contributed by atoms with Gasteiger partial charge in [0.15, 0.2) is 0 Å². The first-order valence-corrected chi connectivity index (χ1v) is 9.98. The normalized spacial score (nSPS) is 15.3. The predicted molar refractivity (Wildman–Crippen MR) is 104 cm³/mol. The molecule has 0 bridgehead atoms. The Labute approximate surface area is 152 Å². The van der Waals surface area contributed by atoms with E-state index in [0.29, 0.717) is 0 Å². The van der Waals surface area contributed by atoms with Crippen molar-refractivity contribution in [2.24, 2.45) is 0 Å². The standard InChI is InChI=1S/C20H23NOS2/c1-15(19-10-6-12-23-19)21(16(2)20-11-7-13-24-20)18(14-22)17-8-4-3-5-9-17/h3-13,15-16,18,22H,14H2,1-2H3/t15-,16-,18+/m1/s1.